The molecule has 3 heteroatoms. The third-order valence-electron chi connectivity index (χ3n) is 6.89. The summed E-state index contributed by atoms with van der Waals surface area (Å²) in [4.78, 5) is 13.6. The summed E-state index contributed by atoms with van der Waals surface area (Å²) in [6.07, 6.45) is 4.16. The SMILES string of the molecule is Cc1ccc(C2=NN(C(=O)/C=C\c3ccccc3)C(c3c4ccccc4cc4ccccc34)C2)cc1. The molecule has 1 amide bonds. The van der Waals surface area contributed by atoms with Crippen LogP contribution in [0.4, 0.5) is 0 Å². The first-order chi connectivity index (χ1) is 17.7. The number of fused-ring (bicyclic) bond motifs is 2. The van der Waals surface area contributed by atoms with Crippen molar-refractivity contribution < 1.29 is 4.79 Å². The molecule has 0 aliphatic carbocycles. The van der Waals surface area contributed by atoms with E-state index in [1.807, 2.05) is 36.4 Å². The number of amides is 1. The topological polar surface area (TPSA) is 32.7 Å². The van der Waals surface area contributed by atoms with Gasteiger partial charge < -0.3 is 0 Å². The Labute approximate surface area is 211 Å². The van der Waals surface area contributed by atoms with Gasteiger partial charge in [0.2, 0.25) is 0 Å². The smallest absolute Gasteiger partial charge is 0.267 e. The second-order valence-electron chi connectivity index (χ2n) is 9.29. The Bertz CT molecular complexity index is 1580. The van der Waals surface area contributed by atoms with Crippen molar-refractivity contribution in [2.24, 2.45) is 5.10 Å². The molecule has 5 aromatic rings. The molecule has 0 radical (unpaired) electrons. The van der Waals surface area contributed by atoms with Gasteiger partial charge in [0, 0.05) is 12.5 Å². The molecule has 1 atom stereocenters. The number of carbonyl (C=O) groups is 1. The molecule has 174 valence electrons. The van der Waals surface area contributed by atoms with Crippen LogP contribution in [0.5, 0.6) is 0 Å². The fraction of sp³-hybridized carbons (Fsp3) is 0.0909. The van der Waals surface area contributed by atoms with Gasteiger partial charge in [0.1, 0.15) is 0 Å². The largest absolute Gasteiger partial charge is 0.268 e. The van der Waals surface area contributed by atoms with Gasteiger partial charge in [-0.2, -0.15) is 5.10 Å². The van der Waals surface area contributed by atoms with E-state index in [0.29, 0.717) is 6.42 Å². The molecule has 36 heavy (non-hydrogen) atoms. The van der Waals surface area contributed by atoms with Crippen molar-refractivity contribution in [1.82, 2.24) is 5.01 Å². The van der Waals surface area contributed by atoms with Crippen LogP contribution in [0, 0.1) is 6.92 Å². The zero-order valence-electron chi connectivity index (χ0n) is 20.1. The van der Waals surface area contributed by atoms with Gasteiger partial charge in [0.25, 0.3) is 5.91 Å². The van der Waals surface area contributed by atoms with E-state index in [9.17, 15) is 4.79 Å². The molecular formula is C33H26N2O. The molecule has 1 heterocycles. The molecule has 1 aliphatic heterocycles. The van der Waals surface area contributed by atoms with Gasteiger partial charge in [0.15, 0.2) is 0 Å². The van der Waals surface area contributed by atoms with Crippen molar-refractivity contribution in [2.45, 2.75) is 19.4 Å². The van der Waals surface area contributed by atoms with Crippen LogP contribution in [0.3, 0.4) is 0 Å². The molecule has 3 nitrogen and oxygen atoms in total. The van der Waals surface area contributed by atoms with Crippen LogP contribution in [-0.4, -0.2) is 16.6 Å². The second-order valence-corrected chi connectivity index (χ2v) is 9.29. The Morgan fingerprint density at radius 1 is 0.806 bits per heavy atom. The molecule has 0 spiro atoms. The van der Waals surface area contributed by atoms with Crippen molar-refractivity contribution in [1.29, 1.82) is 0 Å². The van der Waals surface area contributed by atoms with Gasteiger partial charge in [0.05, 0.1) is 11.8 Å². The second kappa shape index (κ2) is 9.27. The van der Waals surface area contributed by atoms with E-state index in [1.54, 1.807) is 11.1 Å². The Kier molecular flexibility index (Phi) is 5.67. The van der Waals surface area contributed by atoms with Crippen molar-refractivity contribution in [3.8, 4) is 0 Å². The number of hydrazone groups is 1. The van der Waals surface area contributed by atoms with Crippen LogP contribution in [0.1, 0.15) is 34.7 Å². The van der Waals surface area contributed by atoms with E-state index in [0.717, 1.165) is 33.2 Å². The highest BCUT2D eigenvalue weighted by Crippen LogP contribution is 2.41. The van der Waals surface area contributed by atoms with Crippen LogP contribution in [-0.2, 0) is 4.79 Å². The van der Waals surface area contributed by atoms with Crippen molar-refractivity contribution in [3.63, 3.8) is 0 Å². The summed E-state index contributed by atoms with van der Waals surface area (Å²) in [5, 5.41) is 11.3. The molecule has 5 aromatic carbocycles. The Morgan fingerprint density at radius 2 is 1.42 bits per heavy atom. The highest BCUT2D eigenvalue weighted by molar-refractivity contribution is 6.08. The maximum atomic E-state index is 13.6. The first kappa shape index (κ1) is 22.0. The van der Waals surface area contributed by atoms with Crippen molar-refractivity contribution in [3.05, 3.63) is 138 Å². The predicted octanol–water partition coefficient (Wildman–Crippen LogP) is 7.69. The average Bonchev–Trinajstić information content (AvgIpc) is 3.36. The van der Waals surface area contributed by atoms with Crippen LogP contribution in [0.15, 0.2) is 120 Å². The summed E-state index contributed by atoms with van der Waals surface area (Å²) >= 11 is 0. The number of hydrogen-bond donors (Lipinski definition) is 0. The van der Waals surface area contributed by atoms with E-state index in [2.05, 4.69) is 85.8 Å². The number of carbonyl (C=O) groups excluding carboxylic acids is 1. The summed E-state index contributed by atoms with van der Waals surface area (Å²) in [6, 6.07) is 37.2. The maximum absolute atomic E-state index is 13.6. The van der Waals surface area contributed by atoms with Crippen LogP contribution >= 0.6 is 0 Å². The molecule has 0 fully saturated rings. The summed E-state index contributed by atoms with van der Waals surface area (Å²) < 4.78 is 0. The minimum Gasteiger partial charge on any atom is -0.268 e. The zero-order chi connectivity index (χ0) is 24.5. The maximum Gasteiger partial charge on any atom is 0.267 e. The lowest BCUT2D eigenvalue weighted by molar-refractivity contribution is -0.127. The molecule has 1 aliphatic rings. The highest BCUT2D eigenvalue weighted by atomic mass is 16.2. The van der Waals surface area contributed by atoms with E-state index in [4.69, 9.17) is 5.10 Å². The van der Waals surface area contributed by atoms with Gasteiger partial charge in [-0.15, -0.1) is 0 Å². The highest BCUT2D eigenvalue weighted by Gasteiger charge is 2.34. The zero-order valence-corrected chi connectivity index (χ0v) is 20.1. The molecule has 6 rings (SSSR count). The predicted molar refractivity (Wildman–Crippen MR) is 149 cm³/mol. The number of hydrogen-bond acceptors (Lipinski definition) is 2. The van der Waals surface area contributed by atoms with E-state index in [1.165, 1.54) is 16.3 Å². The standard InChI is InChI=1S/C33H26N2O/c1-23-15-18-25(19-16-23)30-22-31(35(34-30)32(36)20-17-24-9-3-2-4-10-24)33-28-13-7-5-11-26(28)21-27-12-6-8-14-29(27)33/h2-21,31H,22H2,1H3/b20-17-. The Balaban J connectivity index is 1.49. The van der Waals surface area contributed by atoms with E-state index < -0.39 is 0 Å². The fourth-order valence-corrected chi connectivity index (χ4v) is 5.07. The van der Waals surface area contributed by atoms with Gasteiger partial charge >= 0.3 is 0 Å². The van der Waals surface area contributed by atoms with Gasteiger partial charge in [-0.1, -0.05) is 109 Å². The monoisotopic (exact) mass is 466 g/mol. The lowest BCUT2D eigenvalue weighted by atomic mass is 9.89. The molecule has 0 bridgehead atoms. The Hall–Kier alpha value is -4.50. The molecule has 0 aromatic heterocycles. The molecule has 1 unspecified atom stereocenters. The third kappa shape index (κ3) is 4.09. The number of rotatable bonds is 4. The number of nitrogens with zero attached hydrogens (tertiary/aromatic N) is 2. The summed E-state index contributed by atoms with van der Waals surface area (Å²) in [5.41, 5.74) is 5.32. The quantitative estimate of drug-likeness (QED) is 0.197. The third-order valence-corrected chi connectivity index (χ3v) is 6.89. The van der Waals surface area contributed by atoms with E-state index in [-0.39, 0.29) is 11.9 Å². The van der Waals surface area contributed by atoms with Gasteiger partial charge in [-0.25, -0.2) is 5.01 Å². The van der Waals surface area contributed by atoms with Crippen LogP contribution in [0.25, 0.3) is 27.6 Å². The van der Waals surface area contributed by atoms with Gasteiger partial charge in [-0.05, 0) is 57.3 Å². The first-order valence-electron chi connectivity index (χ1n) is 12.3. The van der Waals surface area contributed by atoms with E-state index >= 15 is 0 Å². The molecule has 0 N–H and O–H groups in total. The first-order valence-corrected chi connectivity index (χ1v) is 12.3. The van der Waals surface area contributed by atoms with Crippen molar-refractivity contribution in [2.75, 3.05) is 0 Å². The number of aryl methyl sites for hydroxylation is 1. The lowest BCUT2D eigenvalue weighted by Crippen LogP contribution is -2.25. The van der Waals surface area contributed by atoms with Crippen LogP contribution in [0.2, 0.25) is 0 Å². The normalized spacial score (nSPS) is 15.6. The summed E-state index contributed by atoms with van der Waals surface area (Å²) in [5.74, 6) is -0.122. The molecule has 0 saturated heterocycles. The minimum absolute atomic E-state index is 0.122. The van der Waals surface area contributed by atoms with Crippen LogP contribution < -0.4 is 0 Å². The Morgan fingerprint density at radius 3 is 2.08 bits per heavy atom. The van der Waals surface area contributed by atoms with Crippen molar-refractivity contribution >= 4 is 39.2 Å². The number of benzene rings is 5. The molecular weight excluding hydrogens is 440 g/mol. The van der Waals surface area contributed by atoms with Gasteiger partial charge in [-0.3, -0.25) is 4.79 Å². The lowest BCUT2D eigenvalue weighted by Gasteiger charge is -2.24. The molecule has 0 saturated carbocycles. The average molecular weight is 467 g/mol. The fourth-order valence-electron chi connectivity index (χ4n) is 5.07. The summed E-state index contributed by atoms with van der Waals surface area (Å²) in [7, 11) is 0. The summed E-state index contributed by atoms with van der Waals surface area (Å²) in [6.45, 7) is 2.08. The minimum atomic E-state index is -0.203.